The number of nitrogens with zero attached hydrogens (tertiary/aromatic N) is 1. The Bertz CT molecular complexity index is 665. The van der Waals surface area contributed by atoms with E-state index in [4.69, 9.17) is 17.0 Å². The normalized spacial score (nSPS) is 16.1. The van der Waals surface area contributed by atoms with E-state index in [1.54, 1.807) is 0 Å². The predicted molar refractivity (Wildman–Crippen MR) is 89.5 cm³/mol. The van der Waals surface area contributed by atoms with E-state index in [0.717, 1.165) is 34.0 Å². The lowest BCUT2D eigenvalue weighted by Crippen LogP contribution is -2.06. The van der Waals surface area contributed by atoms with Gasteiger partial charge in [-0.1, -0.05) is 31.7 Å². The van der Waals surface area contributed by atoms with Crippen molar-refractivity contribution < 1.29 is 4.74 Å². The van der Waals surface area contributed by atoms with Crippen LogP contribution in [0.4, 0.5) is 0 Å². The summed E-state index contributed by atoms with van der Waals surface area (Å²) >= 11 is 5.52. The molecular formula is C17H24N2OS. The standard InChI is InChI=1S/C17H24N2OS/c1-12(2)20-15-9-5-8-14-16(15)18-17(21)19(14)11-10-13-6-3-4-7-13/h5,8-9,12-13H,3-4,6-7,10-11H2,1-2H3,(H,18,21). The Balaban J connectivity index is 1.88. The highest BCUT2D eigenvalue weighted by atomic mass is 32.1. The van der Waals surface area contributed by atoms with Gasteiger partial charge in [-0.2, -0.15) is 0 Å². The van der Waals surface area contributed by atoms with Crippen molar-refractivity contribution in [2.45, 2.75) is 58.6 Å². The molecule has 1 fully saturated rings. The number of hydrogen-bond donors (Lipinski definition) is 1. The van der Waals surface area contributed by atoms with Crippen molar-refractivity contribution >= 4 is 23.3 Å². The molecule has 3 rings (SSSR count). The summed E-state index contributed by atoms with van der Waals surface area (Å²) in [6, 6.07) is 6.19. The second kappa shape index (κ2) is 6.22. The van der Waals surface area contributed by atoms with Crippen molar-refractivity contribution in [1.29, 1.82) is 0 Å². The number of nitrogens with one attached hydrogen (secondary N) is 1. The molecule has 0 unspecified atom stereocenters. The van der Waals surface area contributed by atoms with Gasteiger partial charge in [0.15, 0.2) is 4.77 Å². The monoisotopic (exact) mass is 304 g/mol. The van der Waals surface area contributed by atoms with Gasteiger partial charge in [0.25, 0.3) is 0 Å². The van der Waals surface area contributed by atoms with Gasteiger partial charge in [-0.3, -0.25) is 0 Å². The minimum atomic E-state index is 0.166. The van der Waals surface area contributed by atoms with Crippen molar-refractivity contribution in [2.24, 2.45) is 5.92 Å². The molecule has 4 heteroatoms. The zero-order valence-electron chi connectivity index (χ0n) is 12.9. The molecule has 21 heavy (non-hydrogen) atoms. The van der Waals surface area contributed by atoms with Crippen LogP contribution in [0, 0.1) is 10.7 Å². The van der Waals surface area contributed by atoms with Crippen LogP contribution >= 0.6 is 12.2 Å². The van der Waals surface area contributed by atoms with Gasteiger partial charge in [0.1, 0.15) is 11.3 Å². The number of H-pyrrole nitrogens is 1. The molecule has 0 amide bonds. The van der Waals surface area contributed by atoms with Gasteiger partial charge in [-0.15, -0.1) is 0 Å². The number of imidazole rings is 1. The molecule has 1 aliphatic rings. The van der Waals surface area contributed by atoms with Crippen LogP contribution in [-0.4, -0.2) is 15.7 Å². The first-order chi connectivity index (χ1) is 10.1. The van der Waals surface area contributed by atoms with E-state index in [-0.39, 0.29) is 6.10 Å². The van der Waals surface area contributed by atoms with Crippen molar-refractivity contribution in [3.8, 4) is 5.75 Å². The Morgan fingerprint density at radius 3 is 2.81 bits per heavy atom. The zero-order valence-corrected chi connectivity index (χ0v) is 13.7. The second-order valence-corrected chi connectivity index (χ2v) is 6.72. The summed E-state index contributed by atoms with van der Waals surface area (Å²) in [5.74, 6) is 1.78. The summed E-state index contributed by atoms with van der Waals surface area (Å²) in [6.45, 7) is 5.10. The fraction of sp³-hybridized carbons (Fsp3) is 0.588. The third kappa shape index (κ3) is 3.15. The molecule has 114 valence electrons. The first-order valence-electron chi connectivity index (χ1n) is 8.03. The Hall–Kier alpha value is -1.29. The first-order valence-corrected chi connectivity index (χ1v) is 8.44. The number of benzene rings is 1. The van der Waals surface area contributed by atoms with E-state index < -0.39 is 0 Å². The molecule has 1 aliphatic carbocycles. The minimum Gasteiger partial charge on any atom is -0.489 e. The van der Waals surface area contributed by atoms with Gasteiger partial charge in [0.2, 0.25) is 0 Å². The van der Waals surface area contributed by atoms with E-state index in [1.165, 1.54) is 32.1 Å². The van der Waals surface area contributed by atoms with Crippen LogP contribution in [-0.2, 0) is 6.54 Å². The van der Waals surface area contributed by atoms with Crippen molar-refractivity contribution in [3.05, 3.63) is 23.0 Å². The summed E-state index contributed by atoms with van der Waals surface area (Å²) in [6.07, 6.45) is 6.97. The van der Waals surface area contributed by atoms with Crippen LogP contribution in [0.25, 0.3) is 11.0 Å². The van der Waals surface area contributed by atoms with Crippen LogP contribution < -0.4 is 4.74 Å². The summed E-state index contributed by atoms with van der Waals surface area (Å²) < 4.78 is 8.92. The van der Waals surface area contributed by atoms with E-state index in [1.807, 2.05) is 19.9 Å². The smallest absolute Gasteiger partial charge is 0.178 e. The molecule has 0 atom stereocenters. The summed E-state index contributed by atoms with van der Waals surface area (Å²) in [7, 11) is 0. The lowest BCUT2D eigenvalue weighted by molar-refractivity contribution is 0.245. The highest BCUT2D eigenvalue weighted by Gasteiger charge is 2.16. The van der Waals surface area contributed by atoms with Crippen molar-refractivity contribution in [3.63, 3.8) is 0 Å². The first kappa shape index (κ1) is 14.6. The van der Waals surface area contributed by atoms with Gasteiger partial charge in [0.05, 0.1) is 11.6 Å². The Labute approximate surface area is 131 Å². The number of aromatic nitrogens is 2. The maximum atomic E-state index is 5.88. The molecule has 0 bridgehead atoms. The third-order valence-electron chi connectivity index (χ3n) is 4.37. The molecule has 3 nitrogen and oxygen atoms in total. The van der Waals surface area contributed by atoms with Gasteiger partial charge < -0.3 is 14.3 Å². The molecule has 0 saturated heterocycles. The largest absolute Gasteiger partial charge is 0.489 e. The summed E-state index contributed by atoms with van der Waals surface area (Å²) in [4.78, 5) is 3.33. The number of fused-ring (bicyclic) bond motifs is 1. The average molecular weight is 304 g/mol. The van der Waals surface area contributed by atoms with Crippen LogP contribution in [0.1, 0.15) is 46.0 Å². The molecule has 1 saturated carbocycles. The third-order valence-corrected chi connectivity index (χ3v) is 4.69. The molecule has 0 spiro atoms. The van der Waals surface area contributed by atoms with Gasteiger partial charge in [-0.05, 0) is 50.5 Å². The van der Waals surface area contributed by atoms with Crippen LogP contribution in [0.15, 0.2) is 18.2 Å². The predicted octanol–water partition coefficient (Wildman–Crippen LogP) is 5.07. The lowest BCUT2D eigenvalue weighted by Gasteiger charge is -2.12. The highest BCUT2D eigenvalue weighted by Crippen LogP contribution is 2.30. The number of para-hydroxylation sites is 1. The summed E-state index contributed by atoms with van der Waals surface area (Å²) in [5, 5.41) is 0. The Morgan fingerprint density at radius 2 is 2.10 bits per heavy atom. The van der Waals surface area contributed by atoms with Crippen LogP contribution in [0.5, 0.6) is 5.75 Å². The maximum absolute atomic E-state index is 5.88. The van der Waals surface area contributed by atoms with Crippen molar-refractivity contribution in [1.82, 2.24) is 9.55 Å². The SMILES string of the molecule is CC(C)Oc1cccc2c1[nH]c(=S)n2CCC1CCCC1. The molecule has 2 aromatic rings. The Morgan fingerprint density at radius 1 is 1.33 bits per heavy atom. The number of hydrogen-bond acceptors (Lipinski definition) is 2. The highest BCUT2D eigenvalue weighted by molar-refractivity contribution is 7.71. The van der Waals surface area contributed by atoms with Crippen LogP contribution in [0.3, 0.4) is 0 Å². The topological polar surface area (TPSA) is 29.9 Å². The van der Waals surface area contributed by atoms with E-state index in [0.29, 0.717) is 0 Å². The van der Waals surface area contributed by atoms with E-state index >= 15 is 0 Å². The molecule has 1 heterocycles. The number of ether oxygens (including phenoxy) is 1. The number of rotatable bonds is 5. The van der Waals surface area contributed by atoms with Gasteiger partial charge >= 0.3 is 0 Å². The Kier molecular flexibility index (Phi) is 4.34. The molecule has 0 aliphatic heterocycles. The molecule has 1 N–H and O–H groups in total. The minimum absolute atomic E-state index is 0.166. The average Bonchev–Trinajstić information content (AvgIpc) is 3.04. The zero-order chi connectivity index (χ0) is 14.8. The molecule has 1 aromatic carbocycles. The fourth-order valence-electron chi connectivity index (χ4n) is 3.34. The maximum Gasteiger partial charge on any atom is 0.178 e. The van der Waals surface area contributed by atoms with E-state index in [9.17, 15) is 0 Å². The second-order valence-electron chi connectivity index (χ2n) is 6.34. The number of aryl methyl sites for hydroxylation is 1. The van der Waals surface area contributed by atoms with Crippen LogP contribution in [0.2, 0.25) is 0 Å². The molecular weight excluding hydrogens is 280 g/mol. The van der Waals surface area contributed by atoms with Gasteiger partial charge in [-0.25, -0.2) is 0 Å². The quantitative estimate of drug-likeness (QED) is 0.782. The van der Waals surface area contributed by atoms with Crippen molar-refractivity contribution in [2.75, 3.05) is 0 Å². The molecule has 0 radical (unpaired) electrons. The molecule has 1 aromatic heterocycles. The summed E-state index contributed by atoms with van der Waals surface area (Å²) in [5.41, 5.74) is 2.19. The number of aromatic amines is 1. The van der Waals surface area contributed by atoms with Gasteiger partial charge in [0, 0.05) is 6.54 Å². The fourth-order valence-corrected chi connectivity index (χ4v) is 3.63. The lowest BCUT2D eigenvalue weighted by atomic mass is 10.0. The van der Waals surface area contributed by atoms with E-state index in [2.05, 4.69) is 21.7 Å².